The average Bonchev–Trinajstić information content (AvgIpc) is 2.64. The molecule has 0 spiro atoms. The zero-order chi connectivity index (χ0) is 11.5. The van der Waals surface area contributed by atoms with Crippen LogP contribution in [0.4, 0.5) is 0 Å². The summed E-state index contributed by atoms with van der Waals surface area (Å²) in [5, 5.41) is 1.97. The highest BCUT2D eigenvalue weighted by Crippen LogP contribution is 2.23. The topological polar surface area (TPSA) is 30.0 Å². The van der Waals surface area contributed by atoms with Crippen LogP contribution in [0.3, 0.4) is 0 Å². The van der Waals surface area contributed by atoms with Gasteiger partial charge in [-0.05, 0) is 46.4 Å². The first kappa shape index (κ1) is 11.5. The first-order valence-electron chi connectivity index (χ1n) is 4.85. The fourth-order valence-corrected chi connectivity index (χ4v) is 2.88. The third-order valence-electron chi connectivity index (χ3n) is 2.19. The van der Waals surface area contributed by atoms with E-state index in [1.54, 1.807) is 17.4 Å². The van der Waals surface area contributed by atoms with E-state index in [2.05, 4.69) is 20.9 Å². The summed E-state index contributed by atoms with van der Waals surface area (Å²) in [7, 11) is 0. The molecule has 0 atom stereocenters. The van der Waals surface area contributed by atoms with E-state index in [1.807, 2.05) is 30.5 Å². The first-order chi connectivity index (χ1) is 7.66. The van der Waals surface area contributed by atoms with Gasteiger partial charge in [-0.25, -0.2) is 0 Å². The Morgan fingerprint density at radius 1 is 1.44 bits per heavy atom. The standard InChI is InChI=1S/C12H10BrNOS/c1-8-3-2-4-10(14-8)11(15)7-12-9(13)5-6-16-12/h2-6H,7H2,1H3. The van der Waals surface area contributed by atoms with Crippen molar-refractivity contribution in [2.45, 2.75) is 13.3 Å². The van der Waals surface area contributed by atoms with Crippen molar-refractivity contribution in [2.75, 3.05) is 0 Å². The number of rotatable bonds is 3. The molecule has 0 aliphatic carbocycles. The van der Waals surface area contributed by atoms with Gasteiger partial charge in [0.05, 0.1) is 0 Å². The molecule has 0 bridgehead atoms. The van der Waals surface area contributed by atoms with Crippen molar-refractivity contribution in [1.82, 2.24) is 4.98 Å². The summed E-state index contributed by atoms with van der Waals surface area (Å²) in [5.41, 5.74) is 1.41. The van der Waals surface area contributed by atoms with Gasteiger partial charge in [-0.2, -0.15) is 0 Å². The Bertz CT molecular complexity index is 521. The number of nitrogens with zero attached hydrogens (tertiary/aromatic N) is 1. The van der Waals surface area contributed by atoms with Crippen molar-refractivity contribution in [3.8, 4) is 0 Å². The van der Waals surface area contributed by atoms with E-state index in [1.165, 1.54) is 0 Å². The number of halogens is 1. The molecule has 2 heterocycles. The number of ketones is 1. The van der Waals surface area contributed by atoms with Crippen molar-refractivity contribution in [1.29, 1.82) is 0 Å². The van der Waals surface area contributed by atoms with Crippen molar-refractivity contribution in [2.24, 2.45) is 0 Å². The highest BCUT2D eigenvalue weighted by molar-refractivity contribution is 9.10. The molecule has 0 aliphatic heterocycles. The summed E-state index contributed by atoms with van der Waals surface area (Å²) >= 11 is 5.00. The van der Waals surface area contributed by atoms with Crippen LogP contribution in [0.25, 0.3) is 0 Å². The number of aromatic nitrogens is 1. The Kier molecular flexibility index (Phi) is 3.51. The Balaban J connectivity index is 2.18. The maximum Gasteiger partial charge on any atom is 0.186 e. The monoisotopic (exact) mass is 295 g/mol. The summed E-state index contributed by atoms with van der Waals surface area (Å²) < 4.78 is 0.999. The quantitative estimate of drug-likeness (QED) is 0.809. The number of carbonyl (C=O) groups is 1. The molecular weight excluding hydrogens is 286 g/mol. The summed E-state index contributed by atoms with van der Waals surface area (Å²) in [6, 6.07) is 7.46. The van der Waals surface area contributed by atoms with Crippen LogP contribution in [0.2, 0.25) is 0 Å². The SMILES string of the molecule is Cc1cccc(C(=O)Cc2sccc2Br)n1. The highest BCUT2D eigenvalue weighted by atomic mass is 79.9. The minimum atomic E-state index is 0.0619. The molecule has 0 radical (unpaired) electrons. The van der Waals surface area contributed by atoms with Crippen molar-refractivity contribution in [3.63, 3.8) is 0 Å². The molecule has 2 aromatic rings. The molecule has 4 heteroatoms. The third kappa shape index (κ3) is 2.57. The number of hydrogen-bond acceptors (Lipinski definition) is 3. The van der Waals surface area contributed by atoms with E-state index in [9.17, 15) is 4.79 Å². The second-order valence-corrected chi connectivity index (χ2v) is 5.31. The molecule has 0 aliphatic rings. The van der Waals surface area contributed by atoms with Gasteiger partial charge in [-0.3, -0.25) is 9.78 Å². The van der Waals surface area contributed by atoms with Crippen LogP contribution >= 0.6 is 27.3 Å². The summed E-state index contributed by atoms with van der Waals surface area (Å²) in [4.78, 5) is 17.2. The molecular formula is C12H10BrNOS. The van der Waals surface area contributed by atoms with Gasteiger partial charge >= 0.3 is 0 Å². The fraction of sp³-hybridized carbons (Fsp3) is 0.167. The van der Waals surface area contributed by atoms with Gasteiger partial charge in [0.2, 0.25) is 0 Å². The molecule has 2 nitrogen and oxygen atoms in total. The van der Waals surface area contributed by atoms with Gasteiger partial charge in [-0.1, -0.05) is 6.07 Å². The molecule has 2 rings (SSSR count). The molecule has 2 aromatic heterocycles. The maximum atomic E-state index is 11.9. The molecule has 0 saturated carbocycles. The summed E-state index contributed by atoms with van der Waals surface area (Å²) in [6.45, 7) is 1.89. The van der Waals surface area contributed by atoms with Crippen LogP contribution in [-0.4, -0.2) is 10.8 Å². The van der Waals surface area contributed by atoms with Gasteiger partial charge in [0.1, 0.15) is 5.69 Å². The van der Waals surface area contributed by atoms with Crippen LogP contribution in [0.5, 0.6) is 0 Å². The Morgan fingerprint density at radius 2 is 2.25 bits per heavy atom. The van der Waals surface area contributed by atoms with Gasteiger partial charge in [0.15, 0.2) is 5.78 Å². The minimum Gasteiger partial charge on any atom is -0.292 e. The Hall–Kier alpha value is -1.000. The predicted octanol–water partition coefficient (Wildman–Crippen LogP) is 3.64. The zero-order valence-electron chi connectivity index (χ0n) is 8.74. The van der Waals surface area contributed by atoms with Gasteiger partial charge in [-0.15, -0.1) is 11.3 Å². The van der Waals surface area contributed by atoms with Crippen molar-refractivity contribution >= 4 is 33.0 Å². The molecule has 0 aromatic carbocycles. The van der Waals surface area contributed by atoms with E-state index in [4.69, 9.17) is 0 Å². The van der Waals surface area contributed by atoms with Crippen LogP contribution in [0.15, 0.2) is 34.1 Å². The Labute approximate surface area is 106 Å². The van der Waals surface area contributed by atoms with Crippen LogP contribution in [0, 0.1) is 6.92 Å². The summed E-state index contributed by atoms with van der Waals surface area (Å²) in [6.07, 6.45) is 0.411. The van der Waals surface area contributed by atoms with E-state index >= 15 is 0 Å². The number of carbonyl (C=O) groups excluding carboxylic acids is 1. The van der Waals surface area contributed by atoms with Crippen LogP contribution < -0.4 is 0 Å². The molecule has 0 N–H and O–H groups in total. The second-order valence-electron chi connectivity index (χ2n) is 3.46. The van der Waals surface area contributed by atoms with Gasteiger partial charge in [0.25, 0.3) is 0 Å². The number of pyridine rings is 1. The fourth-order valence-electron chi connectivity index (χ4n) is 1.39. The van der Waals surface area contributed by atoms with E-state index in [0.717, 1.165) is 15.0 Å². The van der Waals surface area contributed by atoms with E-state index in [-0.39, 0.29) is 5.78 Å². The minimum absolute atomic E-state index is 0.0619. The lowest BCUT2D eigenvalue weighted by molar-refractivity contribution is 0.0988. The second kappa shape index (κ2) is 4.89. The molecule has 0 saturated heterocycles. The smallest absolute Gasteiger partial charge is 0.186 e. The normalized spacial score (nSPS) is 10.4. The molecule has 0 unspecified atom stereocenters. The van der Waals surface area contributed by atoms with Crippen molar-refractivity contribution in [3.05, 3.63) is 50.4 Å². The van der Waals surface area contributed by atoms with E-state index in [0.29, 0.717) is 12.1 Å². The molecule has 0 fully saturated rings. The number of hydrogen-bond donors (Lipinski definition) is 0. The lowest BCUT2D eigenvalue weighted by atomic mass is 10.1. The highest BCUT2D eigenvalue weighted by Gasteiger charge is 2.11. The predicted molar refractivity (Wildman–Crippen MR) is 69.0 cm³/mol. The first-order valence-corrected chi connectivity index (χ1v) is 6.53. The van der Waals surface area contributed by atoms with Crippen LogP contribution in [0.1, 0.15) is 21.1 Å². The van der Waals surface area contributed by atoms with Gasteiger partial charge in [0, 0.05) is 21.5 Å². The number of Topliss-reactive ketones (excluding diaryl/α,β-unsaturated/α-hetero) is 1. The molecule has 82 valence electrons. The third-order valence-corrected chi connectivity index (χ3v) is 4.11. The number of aryl methyl sites for hydroxylation is 1. The molecule has 0 amide bonds. The van der Waals surface area contributed by atoms with Gasteiger partial charge < -0.3 is 0 Å². The summed E-state index contributed by atoms with van der Waals surface area (Å²) in [5.74, 6) is 0.0619. The lowest BCUT2D eigenvalue weighted by Crippen LogP contribution is -2.05. The zero-order valence-corrected chi connectivity index (χ0v) is 11.1. The van der Waals surface area contributed by atoms with Crippen LogP contribution in [-0.2, 0) is 6.42 Å². The van der Waals surface area contributed by atoms with Crippen molar-refractivity contribution < 1.29 is 4.79 Å². The molecule has 16 heavy (non-hydrogen) atoms. The average molecular weight is 296 g/mol. The van der Waals surface area contributed by atoms with E-state index < -0.39 is 0 Å². The Morgan fingerprint density at radius 3 is 2.88 bits per heavy atom. The number of thiophene rings is 1. The maximum absolute atomic E-state index is 11.9. The largest absolute Gasteiger partial charge is 0.292 e. The lowest BCUT2D eigenvalue weighted by Gasteiger charge is -2.00.